The molecule has 0 aliphatic heterocycles. The van der Waals surface area contributed by atoms with Crippen molar-refractivity contribution in [3.05, 3.63) is 59.9 Å². The van der Waals surface area contributed by atoms with Crippen LogP contribution in [0.15, 0.2) is 48.5 Å². The molecule has 3 heteroatoms. The second-order valence-corrected chi connectivity index (χ2v) is 3.87. The molecule has 0 spiro atoms. The molecule has 0 aromatic heterocycles. The molecular formula is C14H15FN2. The van der Waals surface area contributed by atoms with Crippen LogP contribution < -0.4 is 11.1 Å². The zero-order valence-electron chi connectivity index (χ0n) is 9.49. The van der Waals surface area contributed by atoms with Crippen molar-refractivity contribution in [2.24, 2.45) is 0 Å². The van der Waals surface area contributed by atoms with Gasteiger partial charge in [0.05, 0.1) is 11.4 Å². The number of benzene rings is 2. The molecule has 88 valence electrons. The molecule has 0 aliphatic rings. The monoisotopic (exact) mass is 230 g/mol. The Morgan fingerprint density at radius 2 is 1.76 bits per heavy atom. The smallest absolute Gasteiger partial charge is 0.148 e. The Labute approximate surface area is 100 Å². The third-order valence-electron chi connectivity index (χ3n) is 2.60. The van der Waals surface area contributed by atoms with Gasteiger partial charge in [-0.3, -0.25) is 0 Å². The van der Waals surface area contributed by atoms with Gasteiger partial charge in [0.25, 0.3) is 0 Å². The first kappa shape index (κ1) is 11.5. The molecule has 0 atom stereocenters. The highest BCUT2D eigenvalue weighted by Gasteiger charge is 2.04. The van der Waals surface area contributed by atoms with Crippen molar-refractivity contribution in [1.82, 2.24) is 0 Å². The summed E-state index contributed by atoms with van der Waals surface area (Å²) in [6, 6.07) is 14.8. The number of nitrogen functional groups attached to an aromatic ring is 1. The maximum atomic E-state index is 13.4. The Kier molecular flexibility index (Phi) is 3.60. The summed E-state index contributed by atoms with van der Waals surface area (Å²) in [5.74, 6) is -0.307. The van der Waals surface area contributed by atoms with E-state index in [0.29, 0.717) is 17.9 Å². The summed E-state index contributed by atoms with van der Waals surface area (Å²) in [6.07, 6.45) is 0.842. The van der Waals surface area contributed by atoms with Gasteiger partial charge >= 0.3 is 0 Å². The summed E-state index contributed by atoms with van der Waals surface area (Å²) >= 11 is 0. The Hall–Kier alpha value is -2.03. The molecule has 0 radical (unpaired) electrons. The SMILES string of the molecule is Nc1cccc(F)c1NCCc1ccccc1. The molecular weight excluding hydrogens is 215 g/mol. The van der Waals surface area contributed by atoms with Crippen LogP contribution in [0.1, 0.15) is 5.56 Å². The van der Waals surface area contributed by atoms with E-state index >= 15 is 0 Å². The average Bonchev–Trinajstić information content (AvgIpc) is 2.34. The predicted molar refractivity (Wildman–Crippen MR) is 69.4 cm³/mol. The molecule has 0 saturated carbocycles. The van der Waals surface area contributed by atoms with Gasteiger partial charge in [-0.05, 0) is 24.1 Å². The minimum atomic E-state index is -0.307. The van der Waals surface area contributed by atoms with Gasteiger partial charge in [0, 0.05) is 6.54 Å². The lowest BCUT2D eigenvalue weighted by molar-refractivity contribution is 0.630. The van der Waals surface area contributed by atoms with Gasteiger partial charge < -0.3 is 11.1 Å². The average molecular weight is 230 g/mol. The fraction of sp³-hybridized carbons (Fsp3) is 0.143. The number of anilines is 2. The summed E-state index contributed by atoms with van der Waals surface area (Å²) in [4.78, 5) is 0. The topological polar surface area (TPSA) is 38.0 Å². The maximum Gasteiger partial charge on any atom is 0.148 e. The van der Waals surface area contributed by atoms with Gasteiger partial charge in [-0.25, -0.2) is 4.39 Å². The van der Waals surface area contributed by atoms with Crippen molar-refractivity contribution in [2.45, 2.75) is 6.42 Å². The first-order chi connectivity index (χ1) is 8.27. The molecule has 0 saturated heterocycles. The predicted octanol–water partition coefficient (Wildman–Crippen LogP) is 3.06. The molecule has 3 N–H and O–H groups in total. The number of para-hydroxylation sites is 1. The van der Waals surface area contributed by atoms with Gasteiger partial charge in [0.1, 0.15) is 5.82 Å². The molecule has 2 nitrogen and oxygen atoms in total. The molecule has 2 aromatic carbocycles. The molecule has 0 heterocycles. The van der Waals surface area contributed by atoms with Gasteiger partial charge in [0.15, 0.2) is 0 Å². The number of rotatable bonds is 4. The number of hydrogen-bond donors (Lipinski definition) is 2. The number of hydrogen-bond acceptors (Lipinski definition) is 2. The summed E-state index contributed by atoms with van der Waals surface area (Å²) < 4.78 is 13.4. The van der Waals surface area contributed by atoms with Crippen LogP contribution in [0.2, 0.25) is 0 Å². The van der Waals surface area contributed by atoms with E-state index in [0.717, 1.165) is 6.42 Å². The minimum absolute atomic E-state index is 0.307. The van der Waals surface area contributed by atoms with Crippen LogP contribution in [-0.2, 0) is 6.42 Å². The Bertz CT molecular complexity index is 463. The third-order valence-corrected chi connectivity index (χ3v) is 2.60. The molecule has 0 unspecified atom stereocenters. The molecule has 0 amide bonds. The Morgan fingerprint density at radius 3 is 2.47 bits per heavy atom. The summed E-state index contributed by atoms with van der Waals surface area (Å²) in [5, 5.41) is 3.03. The fourth-order valence-corrected chi connectivity index (χ4v) is 1.70. The Balaban J connectivity index is 1.95. The van der Waals surface area contributed by atoms with E-state index in [2.05, 4.69) is 5.32 Å². The van der Waals surface area contributed by atoms with E-state index in [1.807, 2.05) is 30.3 Å². The minimum Gasteiger partial charge on any atom is -0.397 e. The van der Waals surface area contributed by atoms with Crippen molar-refractivity contribution in [1.29, 1.82) is 0 Å². The molecule has 0 bridgehead atoms. The van der Waals surface area contributed by atoms with Crippen molar-refractivity contribution >= 4 is 11.4 Å². The number of nitrogens with two attached hydrogens (primary N) is 1. The van der Waals surface area contributed by atoms with Gasteiger partial charge in [-0.1, -0.05) is 36.4 Å². The van der Waals surface area contributed by atoms with E-state index < -0.39 is 0 Å². The molecule has 2 aromatic rings. The van der Waals surface area contributed by atoms with Gasteiger partial charge in [-0.15, -0.1) is 0 Å². The highest BCUT2D eigenvalue weighted by molar-refractivity contribution is 5.66. The Morgan fingerprint density at radius 1 is 1.00 bits per heavy atom. The second-order valence-electron chi connectivity index (χ2n) is 3.87. The van der Waals surface area contributed by atoms with Crippen LogP contribution in [0.3, 0.4) is 0 Å². The highest BCUT2D eigenvalue weighted by atomic mass is 19.1. The summed E-state index contributed by atoms with van der Waals surface area (Å²) in [7, 11) is 0. The maximum absolute atomic E-state index is 13.4. The fourth-order valence-electron chi connectivity index (χ4n) is 1.70. The molecule has 17 heavy (non-hydrogen) atoms. The largest absolute Gasteiger partial charge is 0.397 e. The lowest BCUT2D eigenvalue weighted by Gasteiger charge is -2.10. The van der Waals surface area contributed by atoms with E-state index in [4.69, 9.17) is 5.73 Å². The zero-order chi connectivity index (χ0) is 12.1. The molecule has 2 rings (SSSR count). The van der Waals surface area contributed by atoms with Crippen LogP contribution >= 0.6 is 0 Å². The lowest BCUT2D eigenvalue weighted by Crippen LogP contribution is -2.08. The first-order valence-corrected chi connectivity index (χ1v) is 5.59. The van der Waals surface area contributed by atoms with E-state index in [1.165, 1.54) is 11.6 Å². The highest BCUT2D eigenvalue weighted by Crippen LogP contribution is 2.21. The summed E-state index contributed by atoms with van der Waals surface area (Å²) in [5.41, 5.74) is 7.75. The standard InChI is InChI=1S/C14H15FN2/c15-12-7-4-8-13(16)14(12)17-10-9-11-5-2-1-3-6-11/h1-8,17H,9-10,16H2. The van der Waals surface area contributed by atoms with E-state index in [-0.39, 0.29) is 5.82 Å². The first-order valence-electron chi connectivity index (χ1n) is 5.59. The van der Waals surface area contributed by atoms with Gasteiger partial charge in [0.2, 0.25) is 0 Å². The number of nitrogens with one attached hydrogen (secondary N) is 1. The second kappa shape index (κ2) is 5.34. The van der Waals surface area contributed by atoms with E-state index in [9.17, 15) is 4.39 Å². The number of halogens is 1. The van der Waals surface area contributed by atoms with Crippen LogP contribution in [0.5, 0.6) is 0 Å². The van der Waals surface area contributed by atoms with Crippen LogP contribution in [0.4, 0.5) is 15.8 Å². The van der Waals surface area contributed by atoms with Crippen LogP contribution in [0.25, 0.3) is 0 Å². The van der Waals surface area contributed by atoms with Crippen LogP contribution in [-0.4, -0.2) is 6.54 Å². The summed E-state index contributed by atoms with van der Waals surface area (Å²) in [6.45, 7) is 0.662. The van der Waals surface area contributed by atoms with Crippen molar-refractivity contribution in [3.63, 3.8) is 0 Å². The normalized spacial score (nSPS) is 10.2. The van der Waals surface area contributed by atoms with Crippen LogP contribution in [0, 0.1) is 5.82 Å². The van der Waals surface area contributed by atoms with Crippen molar-refractivity contribution < 1.29 is 4.39 Å². The van der Waals surface area contributed by atoms with E-state index in [1.54, 1.807) is 12.1 Å². The van der Waals surface area contributed by atoms with Crippen molar-refractivity contribution in [3.8, 4) is 0 Å². The molecule has 0 fully saturated rings. The molecule has 0 aliphatic carbocycles. The quantitative estimate of drug-likeness (QED) is 0.792. The van der Waals surface area contributed by atoms with Crippen molar-refractivity contribution in [2.75, 3.05) is 17.6 Å². The van der Waals surface area contributed by atoms with Gasteiger partial charge in [-0.2, -0.15) is 0 Å². The lowest BCUT2D eigenvalue weighted by atomic mass is 10.1. The third kappa shape index (κ3) is 2.97. The zero-order valence-corrected chi connectivity index (χ0v) is 9.49.